The zero-order valence-corrected chi connectivity index (χ0v) is 15.2. The summed E-state index contributed by atoms with van der Waals surface area (Å²) in [5.41, 5.74) is 3.15. The lowest BCUT2D eigenvalue weighted by Crippen LogP contribution is -2.26. The van der Waals surface area contributed by atoms with Crippen molar-refractivity contribution in [2.45, 2.75) is 32.2 Å². The van der Waals surface area contributed by atoms with Crippen LogP contribution in [0.5, 0.6) is 0 Å². The molecule has 3 rings (SSSR count). The van der Waals surface area contributed by atoms with E-state index in [1.165, 1.54) is 5.56 Å². The van der Waals surface area contributed by atoms with Crippen molar-refractivity contribution in [1.82, 2.24) is 4.98 Å². The molecule has 25 heavy (non-hydrogen) atoms. The minimum Gasteiger partial charge on any atom is -0.360 e. The number of rotatable bonds is 4. The van der Waals surface area contributed by atoms with E-state index in [-0.39, 0.29) is 5.41 Å². The van der Waals surface area contributed by atoms with Crippen LogP contribution < -0.4 is 4.90 Å². The van der Waals surface area contributed by atoms with Crippen LogP contribution >= 0.6 is 0 Å². The summed E-state index contributed by atoms with van der Waals surface area (Å²) >= 11 is 0. The first-order valence-corrected chi connectivity index (χ1v) is 8.53. The number of benzene rings is 2. The number of hydrogen-bond acceptors (Lipinski definition) is 3. The highest BCUT2D eigenvalue weighted by molar-refractivity contribution is 5.83. The van der Waals surface area contributed by atoms with E-state index in [1.54, 1.807) is 0 Å². The normalized spacial score (nSPS) is 12.8. The highest BCUT2D eigenvalue weighted by atomic mass is 16.1. The number of hydrogen-bond donors (Lipinski definition) is 0. The van der Waals surface area contributed by atoms with Gasteiger partial charge >= 0.3 is 0 Å². The molecule has 0 amide bonds. The van der Waals surface area contributed by atoms with Gasteiger partial charge in [0.15, 0.2) is 0 Å². The zero-order valence-electron chi connectivity index (χ0n) is 15.2. The number of nitrogens with zero attached hydrogens (tertiary/aromatic N) is 2. The summed E-state index contributed by atoms with van der Waals surface area (Å²) in [6.45, 7) is 6.58. The Kier molecular flexibility index (Phi) is 4.58. The van der Waals surface area contributed by atoms with E-state index in [9.17, 15) is 4.79 Å². The van der Waals surface area contributed by atoms with E-state index in [0.717, 1.165) is 28.4 Å². The molecular weight excluding hydrogens is 308 g/mol. The van der Waals surface area contributed by atoms with Crippen molar-refractivity contribution in [1.29, 1.82) is 0 Å². The van der Waals surface area contributed by atoms with Crippen LogP contribution in [0.4, 0.5) is 5.69 Å². The van der Waals surface area contributed by atoms with E-state index >= 15 is 0 Å². The van der Waals surface area contributed by atoms with Gasteiger partial charge in [0.2, 0.25) is 0 Å². The third-order valence-corrected chi connectivity index (χ3v) is 4.64. The molecule has 3 aromatic rings. The maximum atomic E-state index is 11.8. The zero-order chi connectivity index (χ0) is 18.0. The van der Waals surface area contributed by atoms with Gasteiger partial charge in [-0.1, -0.05) is 57.2 Å². The van der Waals surface area contributed by atoms with Gasteiger partial charge in [0, 0.05) is 24.3 Å². The summed E-state index contributed by atoms with van der Waals surface area (Å²) in [5.74, 6) is 0. The Morgan fingerprint density at radius 1 is 1.00 bits per heavy atom. The topological polar surface area (TPSA) is 33.2 Å². The second-order valence-electron chi connectivity index (χ2n) is 7.45. The van der Waals surface area contributed by atoms with Crippen molar-refractivity contribution in [2.75, 3.05) is 11.9 Å². The molecule has 1 aromatic heterocycles. The number of carbonyl (C=O) groups is 1. The van der Waals surface area contributed by atoms with Gasteiger partial charge in [-0.25, -0.2) is 0 Å². The van der Waals surface area contributed by atoms with Gasteiger partial charge in [0.05, 0.1) is 5.69 Å². The molecule has 2 aromatic carbocycles. The molecule has 0 aliphatic rings. The first-order chi connectivity index (χ1) is 11.9. The summed E-state index contributed by atoms with van der Waals surface area (Å²) in [6, 6.07) is 18.0. The third kappa shape index (κ3) is 3.55. The standard InChI is InChI=1S/C22H24N2O/c1-22(2,3)18-9-11-19(12-10-18)24(4)21(15-25)20-13-16-7-5-6-8-17(16)14-23-20/h5-15,21H,1-4H3. The minimum atomic E-state index is -0.412. The first-order valence-electron chi connectivity index (χ1n) is 8.53. The monoisotopic (exact) mass is 332 g/mol. The Balaban J connectivity index is 1.92. The number of aromatic nitrogens is 1. The number of likely N-dealkylation sites (N-methyl/N-ethyl adjacent to an activating group) is 1. The number of aldehydes is 1. The Labute approximate surface area is 149 Å². The summed E-state index contributed by atoms with van der Waals surface area (Å²) in [5, 5.41) is 2.17. The van der Waals surface area contributed by atoms with Crippen molar-refractivity contribution < 1.29 is 4.79 Å². The predicted octanol–water partition coefficient (Wildman–Crippen LogP) is 4.91. The van der Waals surface area contributed by atoms with Gasteiger partial charge in [-0.05, 0) is 34.6 Å². The Bertz CT molecular complexity index is 878. The van der Waals surface area contributed by atoms with E-state index in [4.69, 9.17) is 0 Å². The lowest BCUT2D eigenvalue weighted by Gasteiger charge is -2.27. The van der Waals surface area contributed by atoms with Crippen molar-refractivity contribution in [3.8, 4) is 0 Å². The SMILES string of the molecule is CN(c1ccc(C(C)(C)C)cc1)C(C=O)c1cc2ccccc2cn1. The lowest BCUT2D eigenvalue weighted by atomic mass is 9.87. The lowest BCUT2D eigenvalue weighted by molar-refractivity contribution is -0.109. The van der Waals surface area contributed by atoms with Gasteiger partial charge in [-0.2, -0.15) is 0 Å². The summed E-state index contributed by atoms with van der Waals surface area (Å²) in [7, 11) is 1.93. The van der Waals surface area contributed by atoms with Gasteiger partial charge in [0.25, 0.3) is 0 Å². The molecule has 3 nitrogen and oxygen atoms in total. The van der Waals surface area contributed by atoms with Crippen molar-refractivity contribution in [2.24, 2.45) is 0 Å². The molecule has 0 bridgehead atoms. The molecular formula is C22H24N2O. The third-order valence-electron chi connectivity index (χ3n) is 4.64. The van der Waals surface area contributed by atoms with Crippen LogP contribution in [0.2, 0.25) is 0 Å². The van der Waals surface area contributed by atoms with Crippen LogP contribution in [0.25, 0.3) is 10.8 Å². The Hall–Kier alpha value is -2.68. The maximum Gasteiger partial charge on any atom is 0.148 e. The fourth-order valence-electron chi connectivity index (χ4n) is 2.98. The molecule has 0 saturated heterocycles. The smallest absolute Gasteiger partial charge is 0.148 e. The molecule has 0 spiro atoms. The highest BCUT2D eigenvalue weighted by Gasteiger charge is 2.20. The van der Waals surface area contributed by atoms with Gasteiger partial charge in [0.1, 0.15) is 12.3 Å². The number of anilines is 1. The average molecular weight is 332 g/mol. The molecule has 1 heterocycles. The van der Waals surface area contributed by atoms with Crippen LogP contribution in [-0.4, -0.2) is 18.3 Å². The van der Waals surface area contributed by atoms with Crippen LogP contribution in [0.15, 0.2) is 60.8 Å². The van der Waals surface area contributed by atoms with Crippen molar-refractivity contribution >= 4 is 22.7 Å². The predicted molar refractivity (Wildman–Crippen MR) is 104 cm³/mol. The molecule has 128 valence electrons. The molecule has 1 unspecified atom stereocenters. The number of fused-ring (bicyclic) bond motifs is 1. The summed E-state index contributed by atoms with van der Waals surface area (Å²) < 4.78 is 0. The highest BCUT2D eigenvalue weighted by Crippen LogP contribution is 2.28. The van der Waals surface area contributed by atoms with Gasteiger partial charge in [-0.15, -0.1) is 0 Å². The fraction of sp³-hybridized carbons (Fsp3) is 0.273. The molecule has 0 N–H and O–H groups in total. The first kappa shape index (κ1) is 17.2. The fourth-order valence-corrected chi connectivity index (χ4v) is 2.98. The Morgan fingerprint density at radius 2 is 1.64 bits per heavy atom. The number of carbonyl (C=O) groups excluding carboxylic acids is 1. The van der Waals surface area contributed by atoms with Crippen LogP contribution in [0.3, 0.4) is 0 Å². The molecule has 0 aliphatic carbocycles. The number of pyridine rings is 1. The van der Waals surface area contributed by atoms with E-state index in [1.807, 2.05) is 48.5 Å². The molecule has 0 fully saturated rings. The summed E-state index contributed by atoms with van der Waals surface area (Å²) in [4.78, 5) is 18.3. The molecule has 0 aliphatic heterocycles. The average Bonchev–Trinajstić information content (AvgIpc) is 2.61. The quantitative estimate of drug-likeness (QED) is 0.637. The van der Waals surface area contributed by atoms with E-state index in [2.05, 4.69) is 50.0 Å². The van der Waals surface area contributed by atoms with E-state index in [0.29, 0.717) is 0 Å². The minimum absolute atomic E-state index is 0.112. The summed E-state index contributed by atoms with van der Waals surface area (Å²) in [6.07, 6.45) is 2.78. The largest absolute Gasteiger partial charge is 0.360 e. The second-order valence-corrected chi connectivity index (χ2v) is 7.45. The van der Waals surface area contributed by atoms with Crippen LogP contribution in [0, 0.1) is 0 Å². The second kappa shape index (κ2) is 6.67. The molecule has 3 heteroatoms. The maximum absolute atomic E-state index is 11.8. The van der Waals surface area contributed by atoms with Crippen LogP contribution in [0.1, 0.15) is 38.1 Å². The van der Waals surface area contributed by atoms with Gasteiger partial charge in [-0.3, -0.25) is 4.98 Å². The van der Waals surface area contributed by atoms with Gasteiger partial charge < -0.3 is 9.69 Å². The molecule has 1 atom stereocenters. The molecule has 0 saturated carbocycles. The van der Waals surface area contributed by atoms with Crippen molar-refractivity contribution in [3.63, 3.8) is 0 Å². The Morgan fingerprint density at radius 3 is 2.24 bits per heavy atom. The van der Waals surface area contributed by atoms with E-state index < -0.39 is 6.04 Å². The van der Waals surface area contributed by atoms with Crippen LogP contribution in [-0.2, 0) is 10.2 Å². The molecule has 0 radical (unpaired) electrons. The van der Waals surface area contributed by atoms with Crippen molar-refractivity contribution in [3.05, 3.63) is 72.1 Å².